The van der Waals surface area contributed by atoms with Crippen LogP contribution in [0.25, 0.3) is 0 Å². The second kappa shape index (κ2) is 10.9. The maximum Gasteiger partial charge on any atom is 0.271 e. The number of aromatic hydroxyl groups is 1. The van der Waals surface area contributed by atoms with Gasteiger partial charge in [-0.3, -0.25) is 14.6 Å². The van der Waals surface area contributed by atoms with Crippen molar-refractivity contribution in [2.75, 3.05) is 6.61 Å². The van der Waals surface area contributed by atoms with E-state index in [1.54, 1.807) is 31.2 Å². The van der Waals surface area contributed by atoms with E-state index in [1.165, 1.54) is 12.4 Å². The zero-order valence-electron chi connectivity index (χ0n) is 19.1. The summed E-state index contributed by atoms with van der Waals surface area (Å²) in [4.78, 5) is 30.8. The second-order valence-corrected chi connectivity index (χ2v) is 8.23. The van der Waals surface area contributed by atoms with Gasteiger partial charge < -0.3 is 19.8 Å². The number of hydrazone groups is 1. The fraction of sp³-hybridized carbons (Fsp3) is 0.417. The van der Waals surface area contributed by atoms with Crippen LogP contribution in [0.4, 0.5) is 0 Å². The van der Waals surface area contributed by atoms with Crippen molar-refractivity contribution in [2.45, 2.75) is 58.7 Å². The molecule has 1 aliphatic heterocycles. The molecule has 0 aliphatic carbocycles. The van der Waals surface area contributed by atoms with Gasteiger partial charge in [-0.2, -0.15) is 5.10 Å². The molecule has 0 spiro atoms. The first kappa shape index (κ1) is 24.2. The molecule has 1 aromatic heterocycles. The zero-order valence-corrected chi connectivity index (χ0v) is 19.1. The summed E-state index contributed by atoms with van der Waals surface area (Å²) in [7, 11) is 0. The van der Waals surface area contributed by atoms with E-state index >= 15 is 0 Å². The minimum atomic E-state index is -0.458. The van der Waals surface area contributed by atoms with Crippen LogP contribution in [-0.2, 0) is 11.4 Å². The number of aryl methyl sites for hydroxylation is 1. The lowest BCUT2D eigenvalue weighted by Gasteiger charge is -2.38. The van der Waals surface area contributed by atoms with Crippen LogP contribution in [0.1, 0.15) is 60.3 Å². The van der Waals surface area contributed by atoms with Crippen molar-refractivity contribution in [2.24, 2.45) is 5.10 Å². The molecule has 2 heterocycles. The van der Waals surface area contributed by atoms with Crippen molar-refractivity contribution < 1.29 is 24.5 Å². The van der Waals surface area contributed by atoms with Crippen LogP contribution in [0.15, 0.2) is 35.6 Å². The summed E-state index contributed by atoms with van der Waals surface area (Å²) in [5.41, 5.74) is 3.80. The number of carbonyl (C=O) groups excluding carboxylic acids is 2. The summed E-state index contributed by atoms with van der Waals surface area (Å²) in [5, 5.41) is 23.4. The summed E-state index contributed by atoms with van der Waals surface area (Å²) >= 11 is 0. The van der Waals surface area contributed by atoms with Gasteiger partial charge in [0.2, 0.25) is 0 Å². The topological polar surface area (TPSA) is 124 Å². The van der Waals surface area contributed by atoms with Crippen molar-refractivity contribution in [3.05, 3.63) is 52.8 Å². The third-order valence-corrected chi connectivity index (χ3v) is 5.85. The molecule has 2 amide bonds. The molecule has 1 aromatic carbocycles. The number of aliphatic hydroxyl groups excluding tert-OH is 1. The molecule has 2 atom stereocenters. The third kappa shape index (κ3) is 5.87. The highest BCUT2D eigenvalue weighted by atomic mass is 16.5. The Balaban J connectivity index is 1.56. The number of nitrogens with one attached hydrogen (secondary N) is 1. The van der Waals surface area contributed by atoms with E-state index in [4.69, 9.17) is 4.74 Å². The fourth-order valence-electron chi connectivity index (χ4n) is 3.98. The minimum absolute atomic E-state index is 0.0392. The quantitative estimate of drug-likeness (QED) is 0.436. The molecule has 1 saturated heterocycles. The molecular formula is C24H30N4O5. The van der Waals surface area contributed by atoms with Gasteiger partial charge in [0.25, 0.3) is 11.8 Å². The number of nitrogens with zero attached hydrogens (tertiary/aromatic N) is 3. The Morgan fingerprint density at radius 3 is 2.55 bits per heavy atom. The summed E-state index contributed by atoms with van der Waals surface area (Å²) in [5.74, 6) is -0.113. The van der Waals surface area contributed by atoms with Crippen LogP contribution >= 0.6 is 0 Å². The Bertz CT molecular complexity index is 1010. The maximum atomic E-state index is 12.6. The van der Waals surface area contributed by atoms with Crippen LogP contribution in [0.3, 0.4) is 0 Å². The van der Waals surface area contributed by atoms with E-state index in [0.717, 1.165) is 19.3 Å². The SMILES string of the molecule is Cc1ncc(CO)c(C=NNC(=O)c2ccc(OCC(=O)N3C(C)CCCC3C)cc2)c1O. The number of piperidine rings is 1. The van der Waals surface area contributed by atoms with Gasteiger partial charge >= 0.3 is 0 Å². The standard InChI is InChI=1S/C24H30N4O5/c1-15-5-4-6-16(2)28(15)22(30)14-33-20-9-7-18(8-10-20)24(32)27-26-12-21-19(13-29)11-25-17(3)23(21)31/h7-12,15-16,29,31H,4-6,13-14H2,1-3H3,(H,27,32). The normalized spacial score (nSPS) is 18.4. The molecule has 0 saturated carbocycles. The van der Waals surface area contributed by atoms with E-state index in [2.05, 4.69) is 29.4 Å². The number of amides is 2. The van der Waals surface area contributed by atoms with E-state index in [9.17, 15) is 19.8 Å². The Labute approximate surface area is 193 Å². The molecule has 33 heavy (non-hydrogen) atoms. The number of hydrogen-bond acceptors (Lipinski definition) is 7. The molecule has 2 unspecified atom stereocenters. The molecule has 176 valence electrons. The molecule has 3 N–H and O–H groups in total. The number of carbonyl (C=O) groups is 2. The Kier molecular flexibility index (Phi) is 8.00. The van der Waals surface area contributed by atoms with E-state index in [1.807, 2.05) is 4.90 Å². The number of aliphatic hydroxyl groups is 1. The van der Waals surface area contributed by atoms with Gasteiger partial charge in [-0.05, 0) is 64.3 Å². The van der Waals surface area contributed by atoms with Gasteiger partial charge in [0, 0.05) is 35.0 Å². The molecule has 3 rings (SSSR count). The van der Waals surface area contributed by atoms with Crippen molar-refractivity contribution in [3.8, 4) is 11.5 Å². The number of benzene rings is 1. The van der Waals surface area contributed by atoms with Gasteiger partial charge in [0.15, 0.2) is 6.61 Å². The van der Waals surface area contributed by atoms with Crippen LogP contribution in [0, 0.1) is 6.92 Å². The predicted octanol–water partition coefficient (Wildman–Crippen LogP) is 2.52. The summed E-state index contributed by atoms with van der Waals surface area (Å²) in [6.45, 7) is 5.37. The molecule has 9 heteroatoms. The number of hydrogen-bond donors (Lipinski definition) is 3. The van der Waals surface area contributed by atoms with Crippen molar-refractivity contribution in [3.63, 3.8) is 0 Å². The third-order valence-electron chi connectivity index (χ3n) is 5.85. The van der Waals surface area contributed by atoms with Gasteiger partial charge in [-0.15, -0.1) is 0 Å². The highest BCUT2D eigenvalue weighted by molar-refractivity contribution is 5.95. The maximum absolute atomic E-state index is 12.6. The predicted molar refractivity (Wildman–Crippen MR) is 123 cm³/mol. The number of likely N-dealkylation sites (tertiary alicyclic amines) is 1. The van der Waals surface area contributed by atoms with Gasteiger partial charge in [-0.25, -0.2) is 5.43 Å². The Morgan fingerprint density at radius 1 is 1.24 bits per heavy atom. The Hall–Kier alpha value is -3.46. The highest BCUT2D eigenvalue weighted by Gasteiger charge is 2.29. The summed E-state index contributed by atoms with van der Waals surface area (Å²) < 4.78 is 5.63. The average molecular weight is 455 g/mol. The van der Waals surface area contributed by atoms with Crippen molar-refractivity contribution in [1.29, 1.82) is 0 Å². The van der Waals surface area contributed by atoms with Crippen LogP contribution < -0.4 is 10.2 Å². The van der Waals surface area contributed by atoms with Crippen molar-refractivity contribution in [1.82, 2.24) is 15.3 Å². The molecule has 0 radical (unpaired) electrons. The van der Waals surface area contributed by atoms with Gasteiger partial charge in [0.1, 0.15) is 11.5 Å². The number of aromatic nitrogens is 1. The lowest BCUT2D eigenvalue weighted by Crippen LogP contribution is -2.49. The number of ether oxygens (including phenoxy) is 1. The minimum Gasteiger partial charge on any atom is -0.505 e. The van der Waals surface area contributed by atoms with Crippen LogP contribution in [0.5, 0.6) is 11.5 Å². The lowest BCUT2D eigenvalue weighted by molar-refractivity contribution is -0.139. The molecular weight excluding hydrogens is 424 g/mol. The first-order valence-electron chi connectivity index (χ1n) is 11.0. The average Bonchev–Trinajstić information content (AvgIpc) is 2.80. The fourth-order valence-corrected chi connectivity index (χ4v) is 3.98. The summed E-state index contributed by atoms with van der Waals surface area (Å²) in [6, 6.07) is 6.81. The largest absolute Gasteiger partial charge is 0.505 e. The number of rotatable bonds is 7. The smallest absolute Gasteiger partial charge is 0.271 e. The highest BCUT2D eigenvalue weighted by Crippen LogP contribution is 2.23. The van der Waals surface area contributed by atoms with Crippen LogP contribution in [0.2, 0.25) is 0 Å². The lowest BCUT2D eigenvalue weighted by atomic mass is 9.97. The van der Waals surface area contributed by atoms with E-state index in [0.29, 0.717) is 22.6 Å². The molecule has 0 bridgehead atoms. The summed E-state index contributed by atoms with van der Waals surface area (Å²) in [6.07, 6.45) is 5.84. The van der Waals surface area contributed by atoms with Crippen LogP contribution in [-0.4, -0.2) is 56.8 Å². The Morgan fingerprint density at radius 2 is 1.91 bits per heavy atom. The van der Waals surface area contributed by atoms with E-state index < -0.39 is 5.91 Å². The first-order chi connectivity index (χ1) is 15.8. The second-order valence-electron chi connectivity index (χ2n) is 8.23. The van der Waals surface area contributed by atoms with Crippen molar-refractivity contribution >= 4 is 18.0 Å². The number of pyridine rings is 1. The van der Waals surface area contributed by atoms with E-state index in [-0.39, 0.29) is 42.5 Å². The molecule has 2 aromatic rings. The monoisotopic (exact) mass is 454 g/mol. The van der Waals surface area contributed by atoms with Gasteiger partial charge in [0.05, 0.1) is 18.5 Å². The molecule has 1 fully saturated rings. The molecule has 1 aliphatic rings. The van der Waals surface area contributed by atoms with Gasteiger partial charge in [-0.1, -0.05) is 0 Å². The zero-order chi connectivity index (χ0) is 24.0. The molecule has 9 nitrogen and oxygen atoms in total. The first-order valence-corrected chi connectivity index (χ1v) is 11.0.